The number of imidazole rings is 1. The second-order valence-electron chi connectivity index (χ2n) is 3.92. The topological polar surface area (TPSA) is 59.0 Å². The molecule has 5 heteroatoms. The van der Waals surface area contributed by atoms with Gasteiger partial charge >= 0.3 is 0 Å². The van der Waals surface area contributed by atoms with Gasteiger partial charge in [0.25, 0.3) is 0 Å². The van der Waals surface area contributed by atoms with Crippen LogP contribution in [0.4, 0.5) is 0 Å². The molecular weight excluding hydrogens is 216 g/mol. The maximum atomic E-state index is 11.2. The van der Waals surface area contributed by atoms with E-state index in [4.69, 9.17) is 0 Å². The lowest BCUT2D eigenvalue weighted by Crippen LogP contribution is -2.27. The normalized spacial score (nSPS) is 10.5. The van der Waals surface area contributed by atoms with E-state index in [-0.39, 0.29) is 5.91 Å². The fourth-order valence-corrected chi connectivity index (χ4v) is 1.64. The van der Waals surface area contributed by atoms with Gasteiger partial charge in [0, 0.05) is 38.4 Å². The van der Waals surface area contributed by atoms with Crippen LogP contribution in [0.15, 0.2) is 12.4 Å². The van der Waals surface area contributed by atoms with E-state index in [0.717, 1.165) is 18.8 Å². The monoisotopic (exact) mass is 238 g/mol. The van der Waals surface area contributed by atoms with Gasteiger partial charge in [-0.15, -0.1) is 0 Å². The summed E-state index contributed by atoms with van der Waals surface area (Å²) < 4.78 is 2.14. The molecule has 0 unspecified atom stereocenters. The van der Waals surface area contributed by atoms with Crippen molar-refractivity contribution < 1.29 is 4.79 Å². The van der Waals surface area contributed by atoms with Gasteiger partial charge in [-0.2, -0.15) is 0 Å². The first-order valence-corrected chi connectivity index (χ1v) is 6.25. The van der Waals surface area contributed by atoms with Gasteiger partial charge in [-0.25, -0.2) is 4.98 Å². The van der Waals surface area contributed by atoms with E-state index in [9.17, 15) is 4.79 Å². The van der Waals surface area contributed by atoms with Crippen LogP contribution in [0.2, 0.25) is 0 Å². The number of hydrogen-bond donors (Lipinski definition) is 2. The molecule has 0 fully saturated rings. The van der Waals surface area contributed by atoms with Crippen molar-refractivity contribution in [3.63, 3.8) is 0 Å². The molecule has 1 aromatic heterocycles. The summed E-state index contributed by atoms with van der Waals surface area (Å²) in [6, 6.07) is 0. The maximum Gasteiger partial charge on any atom is 0.221 e. The minimum atomic E-state index is 0.0944. The Bertz CT molecular complexity index is 335. The zero-order chi connectivity index (χ0) is 12.5. The van der Waals surface area contributed by atoms with E-state index in [2.05, 4.69) is 27.1 Å². The third-order valence-corrected chi connectivity index (χ3v) is 2.45. The van der Waals surface area contributed by atoms with Crippen molar-refractivity contribution in [2.45, 2.75) is 39.8 Å². The lowest BCUT2D eigenvalue weighted by molar-refractivity contribution is -0.120. The Morgan fingerprint density at radius 2 is 2.29 bits per heavy atom. The summed E-state index contributed by atoms with van der Waals surface area (Å²) in [7, 11) is 0. The fraction of sp³-hybridized carbons (Fsp3) is 0.667. The number of rotatable bonds is 8. The molecule has 0 aliphatic rings. The molecule has 0 radical (unpaired) electrons. The Hall–Kier alpha value is -1.36. The molecule has 5 nitrogen and oxygen atoms in total. The zero-order valence-electron chi connectivity index (χ0n) is 10.7. The molecule has 0 atom stereocenters. The van der Waals surface area contributed by atoms with Crippen LogP contribution in [0, 0.1) is 0 Å². The van der Waals surface area contributed by atoms with Crippen molar-refractivity contribution in [2.24, 2.45) is 0 Å². The fourth-order valence-electron chi connectivity index (χ4n) is 1.64. The second-order valence-corrected chi connectivity index (χ2v) is 3.92. The van der Waals surface area contributed by atoms with E-state index < -0.39 is 0 Å². The predicted molar refractivity (Wildman–Crippen MR) is 67.5 cm³/mol. The van der Waals surface area contributed by atoms with Crippen LogP contribution in [0.1, 0.15) is 32.5 Å². The molecule has 0 bridgehead atoms. The molecule has 0 spiro atoms. The Kier molecular flexibility index (Phi) is 6.32. The number of aryl methyl sites for hydroxylation is 1. The maximum absolute atomic E-state index is 11.2. The summed E-state index contributed by atoms with van der Waals surface area (Å²) >= 11 is 0. The molecule has 1 amide bonds. The van der Waals surface area contributed by atoms with E-state index >= 15 is 0 Å². The van der Waals surface area contributed by atoms with Gasteiger partial charge in [0.15, 0.2) is 0 Å². The number of hydrogen-bond acceptors (Lipinski definition) is 3. The van der Waals surface area contributed by atoms with Gasteiger partial charge in [-0.05, 0) is 13.3 Å². The Morgan fingerprint density at radius 3 is 3.00 bits per heavy atom. The van der Waals surface area contributed by atoms with E-state index in [1.807, 2.05) is 19.3 Å². The molecule has 0 aromatic carbocycles. The number of aromatic nitrogens is 2. The Labute approximate surface area is 103 Å². The summed E-state index contributed by atoms with van der Waals surface area (Å²) in [6.07, 6.45) is 5.42. The molecule has 1 heterocycles. The van der Waals surface area contributed by atoms with E-state index in [0.29, 0.717) is 26.1 Å². The number of carbonyl (C=O) groups excluding carboxylic acids is 1. The first-order valence-electron chi connectivity index (χ1n) is 6.25. The molecule has 1 rings (SSSR count). The van der Waals surface area contributed by atoms with Crippen molar-refractivity contribution in [2.75, 3.05) is 13.1 Å². The molecule has 2 N–H and O–H groups in total. The molecule has 1 aromatic rings. The van der Waals surface area contributed by atoms with Crippen molar-refractivity contribution in [3.8, 4) is 0 Å². The van der Waals surface area contributed by atoms with Crippen LogP contribution >= 0.6 is 0 Å². The van der Waals surface area contributed by atoms with Gasteiger partial charge < -0.3 is 15.2 Å². The summed E-state index contributed by atoms with van der Waals surface area (Å²) in [5.74, 6) is 1.12. The number of nitrogens with one attached hydrogen (secondary N) is 2. The largest absolute Gasteiger partial charge is 0.356 e. The van der Waals surface area contributed by atoms with Crippen LogP contribution in [0.5, 0.6) is 0 Å². The van der Waals surface area contributed by atoms with E-state index in [1.54, 1.807) is 0 Å². The lowest BCUT2D eigenvalue weighted by Gasteiger charge is -2.07. The van der Waals surface area contributed by atoms with Gasteiger partial charge in [0.2, 0.25) is 5.91 Å². The summed E-state index contributed by atoms with van der Waals surface area (Å²) in [6.45, 7) is 7.16. The molecule has 17 heavy (non-hydrogen) atoms. The zero-order valence-corrected chi connectivity index (χ0v) is 10.7. The molecule has 0 aliphatic carbocycles. The van der Waals surface area contributed by atoms with Gasteiger partial charge in [0.05, 0.1) is 6.54 Å². The van der Waals surface area contributed by atoms with Gasteiger partial charge in [-0.3, -0.25) is 4.79 Å². The van der Waals surface area contributed by atoms with E-state index in [1.165, 1.54) is 0 Å². The van der Waals surface area contributed by atoms with Crippen molar-refractivity contribution in [1.29, 1.82) is 0 Å². The van der Waals surface area contributed by atoms with Crippen LogP contribution in [0.3, 0.4) is 0 Å². The Balaban J connectivity index is 2.21. The standard InChI is InChI=1S/C12H22N4O/c1-3-8-16-9-7-15-11(16)10-13-6-5-12(17)14-4-2/h7,9,13H,3-6,8,10H2,1-2H3,(H,14,17). The summed E-state index contributed by atoms with van der Waals surface area (Å²) in [5, 5.41) is 6.00. The smallest absolute Gasteiger partial charge is 0.221 e. The number of nitrogens with zero attached hydrogens (tertiary/aromatic N) is 2. The van der Waals surface area contributed by atoms with Gasteiger partial charge in [0.1, 0.15) is 5.82 Å². The first-order chi connectivity index (χ1) is 8.27. The number of carbonyl (C=O) groups is 1. The highest BCUT2D eigenvalue weighted by Gasteiger charge is 2.02. The van der Waals surface area contributed by atoms with Crippen LogP contribution in [-0.2, 0) is 17.9 Å². The van der Waals surface area contributed by atoms with Crippen molar-refractivity contribution in [3.05, 3.63) is 18.2 Å². The summed E-state index contributed by atoms with van der Waals surface area (Å²) in [4.78, 5) is 15.5. The molecule has 0 saturated carbocycles. The van der Waals surface area contributed by atoms with Crippen LogP contribution in [-0.4, -0.2) is 28.5 Å². The van der Waals surface area contributed by atoms with Crippen molar-refractivity contribution in [1.82, 2.24) is 20.2 Å². The highest BCUT2D eigenvalue weighted by molar-refractivity contribution is 5.75. The lowest BCUT2D eigenvalue weighted by atomic mass is 10.4. The highest BCUT2D eigenvalue weighted by Crippen LogP contribution is 1.98. The average Bonchev–Trinajstić information content (AvgIpc) is 2.73. The first kappa shape index (κ1) is 13.7. The predicted octanol–water partition coefficient (Wildman–Crippen LogP) is 0.909. The molecule has 96 valence electrons. The minimum absolute atomic E-state index is 0.0944. The summed E-state index contributed by atoms with van der Waals surface area (Å²) in [5.41, 5.74) is 0. The quantitative estimate of drug-likeness (QED) is 0.662. The SMILES string of the molecule is CCCn1ccnc1CNCCC(=O)NCC. The molecular formula is C12H22N4O. The van der Waals surface area contributed by atoms with Crippen LogP contribution < -0.4 is 10.6 Å². The third-order valence-electron chi connectivity index (χ3n) is 2.45. The number of amides is 1. The average molecular weight is 238 g/mol. The minimum Gasteiger partial charge on any atom is -0.356 e. The third kappa shape index (κ3) is 4.99. The Morgan fingerprint density at radius 1 is 1.47 bits per heavy atom. The molecule has 0 aliphatic heterocycles. The molecule has 0 saturated heterocycles. The van der Waals surface area contributed by atoms with Crippen LogP contribution in [0.25, 0.3) is 0 Å². The van der Waals surface area contributed by atoms with Crippen molar-refractivity contribution >= 4 is 5.91 Å². The van der Waals surface area contributed by atoms with Gasteiger partial charge in [-0.1, -0.05) is 6.92 Å². The second kappa shape index (κ2) is 7.84. The highest BCUT2D eigenvalue weighted by atomic mass is 16.1.